The summed E-state index contributed by atoms with van der Waals surface area (Å²) >= 11 is 0. The fourth-order valence-corrected chi connectivity index (χ4v) is 3.32. The summed E-state index contributed by atoms with van der Waals surface area (Å²) in [5.74, 6) is 0.00900. The predicted octanol–water partition coefficient (Wildman–Crippen LogP) is 4.78. The SMILES string of the molecule is CCOC(=O)c1c(/C=C/c2cc(OC)ccc2OC)nc2ccccc2c1C(=O)OCC. The highest BCUT2D eigenvalue weighted by atomic mass is 16.5. The van der Waals surface area contributed by atoms with Gasteiger partial charge in [-0.3, -0.25) is 0 Å². The first-order valence-electron chi connectivity index (χ1n) is 10.2. The number of pyridine rings is 1. The molecule has 3 aromatic rings. The molecule has 2 aromatic carbocycles. The van der Waals surface area contributed by atoms with Gasteiger partial charge in [0.1, 0.15) is 17.1 Å². The van der Waals surface area contributed by atoms with Crippen LogP contribution in [0.15, 0.2) is 42.5 Å². The van der Waals surface area contributed by atoms with Gasteiger partial charge in [-0.25, -0.2) is 14.6 Å². The van der Waals surface area contributed by atoms with Crippen LogP contribution in [0.3, 0.4) is 0 Å². The van der Waals surface area contributed by atoms with Gasteiger partial charge in [0.25, 0.3) is 0 Å². The summed E-state index contributed by atoms with van der Waals surface area (Å²) < 4.78 is 21.2. The van der Waals surface area contributed by atoms with E-state index < -0.39 is 11.9 Å². The van der Waals surface area contributed by atoms with E-state index in [1.54, 1.807) is 76.6 Å². The minimum atomic E-state index is -0.647. The number of hydrogen-bond donors (Lipinski definition) is 0. The molecule has 1 aromatic heterocycles. The maximum Gasteiger partial charge on any atom is 0.341 e. The van der Waals surface area contributed by atoms with Crippen molar-refractivity contribution in [3.63, 3.8) is 0 Å². The number of carbonyl (C=O) groups is 2. The Hall–Kier alpha value is -3.87. The van der Waals surface area contributed by atoms with Crippen molar-refractivity contribution in [3.8, 4) is 11.5 Å². The minimum Gasteiger partial charge on any atom is -0.497 e. The maximum absolute atomic E-state index is 12.9. The molecule has 0 aliphatic rings. The van der Waals surface area contributed by atoms with Gasteiger partial charge < -0.3 is 18.9 Å². The van der Waals surface area contributed by atoms with E-state index in [9.17, 15) is 9.59 Å². The Kier molecular flexibility index (Phi) is 7.44. The lowest BCUT2D eigenvalue weighted by molar-refractivity contribution is 0.0480. The van der Waals surface area contributed by atoms with E-state index in [0.717, 1.165) is 0 Å². The predicted molar refractivity (Wildman–Crippen MR) is 122 cm³/mol. The molecule has 0 saturated carbocycles. The Balaban J connectivity index is 2.26. The maximum atomic E-state index is 12.9. The molecular weight excluding hydrogens is 410 g/mol. The Morgan fingerprint density at radius 2 is 1.56 bits per heavy atom. The fourth-order valence-electron chi connectivity index (χ4n) is 3.32. The number of methoxy groups -OCH3 is 2. The van der Waals surface area contributed by atoms with Crippen LogP contribution in [0.25, 0.3) is 23.1 Å². The van der Waals surface area contributed by atoms with Crippen molar-refractivity contribution in [2.45, 2.75) is 13.8 Å². The number of carbonyl (C=O) groups excluding carboxylic acids is 2. The standard InChI is InChI=1S/C25H25NO6/c1-5-31-24(27)22-18-9-7-8-10-19(18)26-20(23(22)25(28)32-6-2)13-11-16-15-17(29-3)12-14-21(16)30-4/h7-15H,5-6H2,1-4H3/b13-11+. The first-order valence-corrected chi connectivity index (χ1v) is 10.2. The Morgan fingerprint density at radius 3 is 2.22 bits per heavy atom. The lowest BCUT2D eigenvalue weighted by atomic mass is 9.99. The Morgan fingerprint density at radius 1 is 0.875 bits per heavy atom. The average molecular weight is 435 g/mol. The smallest absolute Gasteiger partial charge is 0.341 e. The molecule has 0 amide bonds. The van der Waals surface area contributed by atoms with E-state index in [4.69, 9.17) is 18.9 Å². The van der Waals surface area contributed by atoms with E-state index in [1.165, 1.54) is 0 Å². The van der Waals surface area contributed by atoms with Gasteiger partial charge in [-0.1, -0.05) is 18.2 Å². The molecule has 0 fully saturated rings. The number of fused-ring (bicyclic) bond motifs is 1. The van der Waals surface area contributed by atoms with Crippen molar-refractivity contribution >= 4 is 35.0 Å². The molecule has 7 heteroatoms. The van der Waals surface area contributed by atoms with Gasteiger partial charge in [-0.15, -0.1) is 0 Å². The van der Waals surface area contributed by atoms with Crippen LogP contribution < -0.4 is 9.47 Å². The molecule has 0 saturated heterocycles. The first-order chi connectivity index (χ1) is 15.5. The zero-order valence-corrected chi connectivity index (χ0v) is 18.5. The van der Waals surface area contributed by atoms with Crippen LogP contribution in [0.5, 0.6) is 11.5 Å². The molecule has 0 unspecified atom stereocenters. The molecule has 3 rings (SSSR count). The lowest BCUT2D eigenvalue weighted by Gasteiger charge is -2.14. The van der Waals surface area contributed by atoms with E-state index in [-0.39, 0.29) is 30.0 Å². The molecule has 0 spiro atoms. The molecule has 0 radical (unpaired) electrons. The normalized spacial score (nSPS) is 10.9. The summed E-state index contributed by atoms with van der Waals surface area (Å²) in [7, 11) is 3.14. The second-order valence-electron chi connectivity index (χ2n) is 6.65. The molecule has 0 atom stereocenters. The van der Waals surface area contributed by atoms with Gasteiger partial charge in [0, 0.05) is 10.9 Å². The van der Waals surface area contributed by atoms with E-state index in [1.807, 2.05) is 6.07 Å². The molecule has 32 heavy (non-hydrogen) atoms. The highest BCUT2D eigenvalue weighted by Crippen LogP contribution is 2.29. The molecule has 166 valence electrons. The van der Waals surface area contributed by atoms with Crippen LogP contribution in [0.1, 0.15) is 45.8 Å². The zero-order valence-electron chi connectivity index (χ0n) is 18.5. The topological polar surface area (TPSA) is 84.0 Å². The number of aromatic nitrogens is 1. The average Bonchev–Trinajstić information content (AvgIpc) is 2.81. The monoisotopic (exact) mass is 435 g/mol. The van der Waals surface area contributed by atoms with E-state index in [0.29, 0.717) is 28.0 Å². The fraction of sp³-hybridized carbons (Fsp3) is 0.240. The van der Waals surface area contributed by atoms with Crippen LogP contribution in [0, 0.1) is 0 Å². The Bertz CT molecular complexity index is 1170. The van der Waals surface area contributed by atoms with Crippen LogP contribution in [0.2, 0.25) is 0 Å². The highest BCUT2D eigenvalue weighted by Gasteiger charge is 2.26. The van der Waals surface area contributed by atoms with Crippen molar-refractivity contribution < 1.29 is 28.5 Å². The van der Waals surface area contributed by atoms with Crippen molar-refractivity contribution in [1.29, 1.82) is 0 Å². The van der Waals surface area contributed by atoms with Crippen LogP contribution in [-0.2, 0) is 9.47 Å². The van der Waals surface area contributed by atoms with Gasteiger partial charge in [0.15, 0.2) is 0 Å². The van der Waals surface area contributed by atoms with Crippen LogP contribution in [-0.4, -0.2) is 44.4 Å². The number of hydrogen-bond acceptors (Lipinski definition) is 7. The summed E-state index contributed by atoms with van der Waals surface area (Å²) in [4.78, 5) is 30.4. The first kappa shape index (κ1) is 22.8. The lowest BCUT2D eigenvalue weighted by Crippen LogP contribution is -2.17. The van der Waals surface area contributed by atoms with Gasteiger partial charge in [0.05, 0.1) is 44.2 Å². The van der Waals surface area contributed by atoms with Gasteiger partial charge in [-0.05, 0) is 50.3 Å². The van der Waals surface area contributed by atoms with E-state index in [2.05, 4.69) is 4.98 Å². The third kappa shape index (κ3) is 4.72. The van der Waals surface area contributed by atoms with Crippen molar-refractivity contribution in [3.05, 3.63) is 64.8 Å². The molecule has 0 aliphatic heterocycles. The molecule has 0 bridgehead atoms. The zero-order chi connectivity index (χ0) is 23.1. The van der Waals surface area contributed by atoms with E-state index >= 15 is 0 Å². The number of nitrogens with zero attached hydrogens (tertiary/aromatic N) is 1. The number of esters is 2. The Labute approximate surface area is 186 Å². The van der Waals surface area contributed by atoms with Crippen molar-refractivity contribution in [2.24, 2.45) is 0 Å². The summed E-state index contributed by atoms with van der Waals surface area (Å²) in [6, 6.07) is 12.5. The van der Waals surface area contributed by atoms with Crippen LogP contribution in [0.4, 0.5) is 0 Å². The third-order valence-electron chi connectivity index (χ3n) is 4.74. The molecule has 7 nitrogen and oxygen atoms in total. The van der Waals surface area contributed by atoms with Crippen LogP contribution >= 0.6 is 0 Å². The van der Waals surface area contributed by atoms with Gasteiger partial charge >= 0.3 is 11.9 Å². The third-order valence-corrected chi connectivity index (χ3v) is 4.74. The number of para-hydroxylation sites is 1. The van der Waals surface area contributed by atoms with Gasteiger partial charge in [0.2, 0.25) is 0 Å². The summed E-state index contributed by atoms with van der Waals surface area (Å²) in [5.41, 5.74) is 1.75. The second kappa shape index (κ2) is 10.4. The quantitative estimate of drug-likeness (QED) is 0.471. The molecular formula is C25H25NO6. The highest BCUT2D eigenvalue weighted by molar-refractivity contribution is 6.13. The van der Waals surface area contributed by atoms with Crippen molar-refractivity contribution in [1.82, 2.24) is 4.98 Å². The summed E-state index contributed by atoms with van der Waals surface area (Å²) in [5, 5.41) is 0.519. The molecule has 0 aliphatic carbocycles. The molecule has 1 heterocycles. The summed E-state index contributed by atoms with van der Waals surface area (Å²) in [6.07, 6.45) is 3.40. The number of rotatable bonds is 8. The van der Waals surface area contributed by atoms with Gasteiger partial charge in [-0.2, -0.15) is 0 Å². The number of ether oxygens (including phenoxy) is 4. The largest absolute Gasteiger partial charge is 0.497 e. The van der Waals surface area contributed by atoms with Crippen molar-refractivity contribution in [2.75, 3.05) is 27.4 Å². The number of benzene rings is 2. The summed E-state index contributed by atoms with van der Waals surface area (Å²) in [6.45, 7) is 3.74. The molecule has 0 N–H and O–H groups in total. The second-order valence-corrected chi connectivity index (χ2v) is 6.65. The minimum absolute atomic E-state index is 0.0575.